The molecule has 0 aromatic carbocycles. The molecule has 0 saturated carbocycles. The minimum Gasteiger partial charge on any atom is -0.325 e. The number of pyridine rings is 1. The highest BCUT2D eigenvalue weighted by Crippen LogP contribution is 2.25. The molecule has 0 unspecified atom stereocenters. The molecule has 1 heterocycles. The molecule has 84 valence electrons. The highest BCUT2D eigenvalue weighted by molar-refractivity contribution is 7.89. The van der Waals surface area contributed by atoms with Gasteiger partial charge in [0.2, 0.25) is 10.0 Å². The van der Waals surface area contributed by atoms with Crippen LogP contribution in [0.2, 0.25) is 0 Å². The molecule has 1 aromatic rings. The minimum atomic E-state index is -4.19. The van der Waals surface area contributed by atoms with E-state index in [2.05, 4.69) is 4.98 Å². The van der Waals surface area contributed by atoms with Crippen molar-refractivity contribution in [2.75, 3.05) is 0 Å². The van der Waals surface area contributed by atoms with E-state index < -0.39 is 26.9 Å². The molecule has 0 amide bonds. The summed E-state index contributed by atoms with van der Waals surface area (Å²) >= 11 is 0. The monoisotopic (exact) mass is 237 g/mol. The van der Waals surface area contributed by atoms with Gasteiger partial charge in [0.05, 0.1) is 16.2 Å². The third-order valence-electron chi connectivity index (χ3n) is 1.70. The second kappa shape index (κ2) is 4.17. The highest BCUT2D eigenvalue weighted by Gasteiger charge is 2.21. The third-order valence-corrected chi connectivity index (χ3v) is 2.67. The van der Waals surface area contributed by atoms with Crippen molar-refractivity contribution in [3.8, 4) is 0 Å². The van der Waals surface area contributed by atoms with Gasteiger partial charge in [-0.05, 0) is 6.07 Å². The zero-order chi connectivity index (χ0) is 11.6. The summed E-state index contributed by atoms with van der Waals surface area (Å²) in [6.45, 7) is -0.0496. The second-order valence-corrected chi connectivity index (χ2v) is 4.29. The fourth-order valence-electron chi connectivity index (χ4n) is 1.01. The molecule has 0 bridgehead atoms. The molecule has 0 radical (unpaired) electrons. The lowest BCUT2D eigenvalue weighted by Gasteiger charge is -2.07. The summed E-state index contributed by atoms with van der Waals surface area (Å²) in [5.41, 5.74) is 4.67. The molecule has 5 nitrogen and oxygen atoms in total. The van der Waals surface area contributed by atoms with E-state index >= 15 is 0 Å². The van der Waals surface area contributed by atoms with E-state index in [9.17, 15) is 17.2 Å². The Kier molecular flexibility index (Phi) is 3.32. The van der Waals surface area contributed by atoms with E-state index in [1.807, 2.05) is 0 Å². The van der Waals surface area contributed by atoms with Crippen LogP contribution in [0.5, 0.6) is 0 Å². The summed E-state index contributed by atoms with van der Waals surface area (Å²) in [7, 11) is -4.19. The van der Waals surface area contributed by atoms with Crippen LogP contribution in [0.25, 0.3) is 0 Å². The average molecular weight is 237 g/mol. The van der Waals surface area contributed by atoms with E-state index in [1.54, 1.807) is 0 Å². The first-order valence-corrected chi connectivity index (χ1v) is 5.40. The van der Waals surface area contributed by atoms with Crippen LogP contribution in [0.15, 0.2) is 17.2 Å². The van der Waals surface area contributed by atoms with Crippen LogP contribution in [0.1, 0.15) is 17.7 Å². The number of primary sulfonamides is 1. The fraction of sp³-hybridized carbons (Fsp3) is 0.286. The number of sulfonamides is 1. The zero-order valence-electron chi connectivity index (χ0n) is 7.52. The molecular formula is C7H9F2N3O2S. The number of aromatic nitrogens is 1. The Morgan fingerprint density at radius 3 is 2.47 bits per heavy atom. The molecule has 0 aliphatic heterocycles. The van der Waals surface area contributed by atoms with Crippen LogP contribution in [-0.2, 0) is 16.6 Å². The molecule has 0 atom stereocenters. The lowest BCUT2D eigenvalue weighted by atomic mass is 10.2. The molecule has 0 saturated heterocycles. The van der Waals surface area contributed by atoms with E-state index in [-0.39, 0.29) is 12.2 Å². The molecule has 0 aliphatic carbocycles. The SMILES string of the molecule is NCc1cc(S(N)(=O)=O)c(C(F)F)cn1. The molecule has 4 N–H and O–H groups in total. The highest BCUT2D eigenvalue weighted by atomic mass is 32.2. The van der Waals surface area contributed by atoms with E-state index in [1.165, 1.54) is 0 Å². The van der Waals surface area contributed by atoms with Crippen molar-refractivity contribution in [2.45, 2.75) is 17.9 Å². The van der Waals surface area contributed by atoms with E-state index in [4.69, 9.17) is 10.9 Å². The van der Waals surface area contributed by atoms with Crippen LogP contribution >= 0.6 is 0 Å². The van der Waals surface area contributed by atoms with Crippen molar-refractivity contribution < 1.29 is 17.2 Å². The average Bonchev–Trinajstić information content (AvgIpc) is 2.15. The summed E-state index contributed by atoms with van der Waals surface area (Å²) in [6.07, 6.45) is -2.18. The maximum absolute atomic E-state index is 12.4. The number of nitrogens with two attached hydrogens (primary N) is 2. The van der Waals surface area contributed by atoms with Crippen LogP contribution in [-0.4, -0.2) is 13.4 Å². The van der Waals surface area contributed by atoms with Gasteiger partial charge in [-0.3, -0.25) is 4.98 Å². The van der Waals surface area contributed by atoms with Gasteiger partial charge < -0.3 is 5.73 Å². The van der Waals surface area contributed by atoms with Crippen molar-refractivity contribution in [2.24, 2.45) is 10.9 Å². The van der Waals surface area contributed by atoms with Gasteiger partial charge in [0.25, 0.3) is 6.43 Å². The van der Waals surface area contributed by atoms with Crippen molar-refractivity contribution in [1.29, 1.82) is 0 Å². The number of halogens is 2. The summed E-state index contributed by atoms with van der Waals surface area (Å²) in [6, 6.07) is 0.955. The van der Waals surface area contributed by atoms with Gasteiger partial charge in [0.15, 0.2) is 0 Å². The standard InChI is InChI=1S/C7H9F2N3O2S/c8-7(9)5-3-12-4(2-10)1-6(5)15(11,13)14/h1,3,7H,2,10H2,(H2,11,13,14). The first-order valence-electron chi connectivity index (χ1n) is 3.86. The van der Waals surface area contributed by atoms with Gasteiger partial charge in [-0.25, -0.2) is 22.3 Å². The van der Waals surface area contributed by atoms with Gasteiger partial charge in [-0.15, -0.1) is 0 Å². The summed E-state index contributed by atoms with van der Waals surface area (Å²) in [4.78, 5) is 2.94. The largest absolute Gasteiger partial charge is 0.325 e. The van der Waals surface area contributed by atoms with Crippen LogP contribution in [0.4, 0.5) is 8.78 Å². The quantitative estimate of drug-likeness (QED) is 0.780. The molecule has 1 rings (SSSR count). The van der Waals surface area contributed by atoms with Crippen molar-refractivity contribution in [3.05, 3.63) is 23.5 Å². The molecular weight excluding hydrogens is 228 g/mol. The Morgan fingerprint density at radius 2 is 2.07 bits per heavy atom. The summed E-state index contributed by atoms with van der Waals surface area (Å²) in [5, 5.41) is 4.79. The maximum atomic E-state index is 12.4. The lowest BCUT2D eigenvalue weighted by molar-refractivity contribution is 0.147. The first kappa shape index (κ1) is 12.0. The molecule has 0 spiro atoms. The van der Waals surface area contributed by atoms with Crippen molar-refractivity contribution in [3.63, 3.8) is 0 Å². The van der Waals surface area contributed by atoms with Gasteiger partial charge in [0.1, 0.15) is 0 Å². The molecule has 1 aromatic heterocycles. The molecule has 0 aliphatic rings. The number of hydrogen-bond acceptors (Lipinski definition) is 4. The lowest BCUT2D eigenvalue weighted by Crippen LogP contribution is -2.16. The van der Waals surface area contributed by atoms with Crippen LogP contribution in [0.3, 0.4) is 0 Å². The number of alkyl halides is 2. The molecule has 8 heteroatoms. The van der Waals surface area contributed by atoms with Gasteiger partial charge in [-0.2, -0.15) is 0 Å². The Morgan fingerprint density at radius 1 is 1.47 bits per heavy atom. The Labute approximate surface area is 85.2 Å². The van der Waals surface area contributed by atoms with Crippen molar-refractivity contribution >= 4 is 10.0 Å². The Hall–Kier alpha value is -1.12. The molecule has 0 fully saturated rings. The van der Waals surface area contributed by atoms with Gasteiger partial charge in [-0.1, -0.05) is 0 Å². The topological polar surface area (TPSA) is 99.1 Å². The predicted molar refractivity (Wildman–Crippen MR) is 48.5 cm³/mol. The molecule has 15 heavy (non-hydrogen) atoms. The smallest absolute Gasteiger partial charge is 0.266 e. The first-order chi connectivity index (χ1) is 6.86. The van der Waals surface area contributed by atoms with Gasteiger partial charge >= 0.3 is 0 Å². The predicted octanol–water partition coefficient (Wildman–Crippen LogP) is 0.125. The normalized spacial score (nSPS) is 12.1. The Balaban J connectivity index is 3.43. The van der Waals surface area contributed by atoms with E-state index in [0.717, 1.165) is 12.3 Å². The summed E-state index contributed by atoms with van der Waals surface area (Å²) < 4.78 is 46.8. The Bertz CT molecular complexity index is 461. The number of nitrogens with zero attached hydrogens (tertiary/aromatic N) is 1. The number of rotatable bonds is 3. The van der Waals surface area contributed by atoms with Gasteiger partial charge in [0, 0.05) is 12.7 Å². The van der Waals surface area contributed by atoms with Crippen LogP contribution in [0, 0.1) is 0 Å². The third kappa shape index (κ3) is 2.67. The maximum Gasteiger partial charge on any atom is 0.266 e. The van der Waals surface area contributed by atoms with Crippen LogP contribution < -0.4 is 10.9 Å². The van der Waals surface area contributed by atoms with E-state index in [0.29, 0.717) is 0 Å². The summed E-state index contributed by atoms with van der Waals surface area (Å²) in [5.74, 6) is 0. The second-order valence-electron chi connectivity index (χ2n) is 2.76. The fourth-order valence-corrected chi connectivity index (χ4v) is 1.78. The zero-order valence-corrected chi connectivity index (χ0v) is 8.34. The number of hydrogen-bond donors (Lipinski definition) is 2. The van der Waals surface area contributed by atoms with Crippen molar-refractivity contribution in [1.82, 2.24) is 4.98 Å². The minimum absolute atomic E-state index is 0.0496.